The van der Waals surface area contributed by atoms with Crippen molar-refractivity contribution in [3.05, 3.63) is 48.5 Å². The predicted octanol–water partition coefficient (Wildman–Crippen LogP) is 7.32. The van der Waals surface area contributed by atoms with E-state index in [0.29, 0.717) is 18.9 Å². The normalized spacial score (nSPS) is 12.0. The maximum Gasteiger partial charge on any atom is 0.306 e. The van der Waals surface area contributed by atoms with Gasteiger partial charge in [-0.1, -0.05) is 69.5 Å². The van der Waals surface area contributed by atoms with Gasteiger partial charge in [-0.15, -0.1) is 23.5 Å². The van der Waals surface area contributed by atoms with Gasteiger partial charge in [0.2, 0.25) is 0 Å². The van der Waals surface area contributed by atoms with E-state index in [4.69, 9.17) is 4.74 Å². The zero-order valence-electron chi connectivity index (χ0n) is 17.3. The van der Waals surface area contributed by atoms with E-state index in [1.54, 1.807) is 23.5 Å². The second-order valence-electron chi connectivity index (χ2n) is 6.93. The van der Waals surface area contributed by atoms with Crippen LogP contribution >= 0.6 is 23.5 Å². The number of carbonyl (C=O) groups excluding carboxylic acids is 1. The summed E-state index contributed by atoms with van der Waals surface area (Å²) in [5.41, 5.74) is 2.50. The highest BCUT2D eigenvalue weighted by molar-refractivity contribution is 7.99. The van der Waals surface area contributed by atoms with Crippen LogP contribution < -0.4 is 0 Å². The highest BCUT2D eigenvalue weighted by Crippen LogP contribution is 2.34. The van der Waals surface area contributed by atoms with Crippen molar-refractivity contribution in [3.63, 3.8) is 0 Å². The van der Waals surface area contributed by atoms with Gasteiger partial charge in [-0.3, -0.25) is 4.79 Å². The molecule has 0 aromatic heterocycles. The van der Waals surface area contributed by atoms with Crippen molar-refractivity contribution in [2.75, 3.05) is 18.6 Å². The van der Waals surface area contributed by atoms with Gasteiger partial charge in [0.1, 0.15) is 0 Å². The minimum atomic E-state index is -0.0755. The predicted molar refractivity (Wildman–Crippen MR) is 123 cm³/mol. The minimum Gasteiger partial charge on any atom is -0.465 e. The highest BCUT2D eigenvalue weighted by atomic mass is 32.2. The lowest BCUT2D eigenvalue weighted by Gasteiger charge is -2.14. The number of ether oxygens (including phenoxy) is 1. The summed E-state index contributed by atoms with van der Waals surface area (Å²) in [7, 11) is 0. The molecule has 2 nitrogen and oxygen atoms in total. The fraction of sp³-hybridized carbons (Fsp3) is 0.458. The van der Waals surface area contributed by atoms with Crippen molar-refractivity contribution in [3.8, 4) is 11.1 Å². The van der Waals surface area contributed by atoms with E-state index in [1.807, 2.05) is 6.07 Å². The molecule has 1 atom stereocenters. The number of esters is 1. The molecule has 0 aliphatic carbocycles. The van der Waals surface area contributed by atoms with Crippen LogP contribution in [0.5, 0.6) is 0 Å². The van der Waals surface area contributed by atoms with Gasteiger partial charge in [-0.2, -0.15) is 0 Å². The van der Waals surface area contributed by atoms with Crippen molar-refractivity contribution in [2.24, 2.45) is 5.92 Å². The molecule has 2 rings (SSSR count). The quantitative estimate of drug-likeness (QED) is 0.267. The summed E-state index contributed by atoms with van der Waals surface area (Å²) in [5.74, 6) is 1.18. The third kappa shape index (κ3) is 7.56. The van der Waals surface area contributed by atoms with E-state index in [9.17, 15) is 4.79 Å². The third-order valence-electron chi connectivity index (χ3n) is 4.86. The fourth-order valence-corrected chi connectivity index (χ4v) is 4.65. The molecule has 0 heterocycles. The van der Waals surface area contributed by atoms with Crippen LogP contribution in [0, 0.1) is 5.92 Å². The van der Waals surface area contributed by atoms with E-state index in [2.05, 4.69) is 62.6 Å². The second kappa shape index (κ2) is 12.9. The first-order valence-corrected chi connectivity index (χ1v) is 12.4. The number of hydrogen-bond donors (Lipinski definition) is 0. The number of carbonyl (C=O) groups is 1. The van der Waals surface area contributed by atoms with Crippen molar-refractivity contribution in [1.29, 1.82) is 0 Å². The van der Waals surface area contributed by atoms with E-state index < -0.39 is 0 Å². The Balaban J connectivity index is 1.82. The summed E-state index contributed by atoms with van der Waals surface area (Å²) in [6.07, 6.45) is 7.21. The van der Waals surface area contributed by atoms with Crippen molar-refractivity contribution < 1.29 is 9.53 Å². The van der Waals surface area contributed by atoms with E-state index in [0.717, 1.165) is 18.6 Å². The molecule has 0 N–H and O–H groups in total. The summed E-state index contributed by atoms with van der Waals surface area (Å²) in [6, 6.07) is 17.0. The molecule has 0 aliphatic rings. The molecular weight excluding hydrogens is 384 g/mol. The lowest BCUT2D eigenvalue weighted by atomic mass is 10.0. The molecule has 0 spiro atoms. The van der Waals surface area contributed by atoms with Crippen LogP contribution in [0.1, 0.15) is 46.0 Å². The van der Waals surface area contributed by atoms with Crippen LogP contribution in [0.4, 0.5) is 0 Å². The van der Waals surface area contributed by atoms with Crippen LogP contribution in [-0.2, 0) is 9.53 Å². The molecule has 0 aliphatic heterocycles. The Labute approximate surface area is 178 Å². The Morgan fingerprint density at radius 3 is 2.57 bits per heavy atom. The first-order chi connectivity index (χ1) is 13.7. The van der Waals surface area contributed by atoms with Gasteiger partial charge in [-0.05, 0) is 41.9 Å². The Morgan fingerprint density at radius 1 is 1.11 bits per heavy atom. The average molecular weight is 417 g/mol. The van der Waals surface area contributed by atoms with Crippen LogP contribution in [0.2, 0.25) is 0 Å². The molecule has 2 aromatic rings. The molecule has 152 valence electrons. The third-order valence-corrected chi connectivity index (χ3v) is 6.63. The first-order valence-electron chi connectivity index (χ1n) is 10.2. The van der Waals surface area contributed by atoms with Gasteiger partial charge in [-0.25, -0.2) is 0 Å². The zero-order chi connectivity index (χ0) is 20.2. The van der Waals surface area contributed by atoms with E-state index >= 15 is 0 Å². The standard InChI is InChI=1S/C24H32O2S2/c1-4-6-10-19(5-2)18-26-24(25)15-16-28-21-13-14-22(23(17-21)27-3)20-11-8-7-9-12-20/h7-9,11-14,17,19H,4-6,10,15-16,18H2,1-3H3. The number of benzene rings is 2. The van der Waals surface area contributed by atoms with Crippen LogP contribution in [-0.4, -0.2) is 24.6 Å². The number of hydrogen-bond acceptors (Lipinski definition) is 4. The molecule has 0 fully saturated rings. The van der Waals surface area contributed by atoms with Gasteiger partial charge in [0, 0.05) is 15.5 Å². The molecular formula is C24H32O2S2. The van der Waals surface area contributed by atoms with Crippen LogP contribution in [0.3, 0.4) is 0 Å². The minimum absolute atomic E-state index is 0.0755. The monoisotopic (exact) mass is 416 g/mol. The number of thioether (sulfide) groups is 2. The van der Waals surface area contributed by atoms with Gasteiger partial charge in [0.05, 0.1) is 13.0 Å². The summed E-state index contributed by atoms with van der Waals surface area (Å²) < 4.78 is 5.50. The average Bonchev–Trinajstić information content (AvgIpc) is 2.74. The largest absolute Gasteiger partial charge is 0.465 e. The Kier molecular flexibility index (Phi) is 10.6. The fourth-order valence-electron chi connectivity index (χ4n) is 3.05. The maximum atomic E-state index is 12.0. The SMILES string of the molecule is CCCCC(CC)COC(=O)CCSc1ccc(-c2ccccc2)c(SC)c1. The smallest absolute Gasteiger partial charge is 0.306 e. The molecule has 0 saturated heterocycles. The van der Waals surface area contributed by atoms with Gasteiger partial charge in [0.25, 0.3) is 0 Å². The number of rotatable bonds is 12. The second-order valence-corrected chi connectivity index (χ2v) is 8.94. The number of unbranched alkanes of at least 4 members (excludes halogenated alkanes) is 1. The zero-order valence-corrected chi connectivity index (χ0v) is 18.9. The first kappa shape index (κ1) is 22.9. The lowest BCUT2D eigenvalue weighted by molar-refractivity contribution is -0.144. The topological polar surface area (TPSA) is 26.3 Å². The maximum absolute atomic E-state index is 12.0. The molecule has 0 bridgehead atoms. The Bertz CT molecular complexity index is 716. The van der Waals surface area contributed by atoms with Crippen molar-refractivity contribution in [2.45, 2.75) is 55.7 Å². The molecule has 2 aromatic carbocycles. The Hall–Kier alpha value is -1.39. The molecule has 0 amide bonds. The summed E-state index contributed by atoms with van der Waals surface area (Å²) in [6.45, 7) is 4.94. The van der Waals surface area contributed by atoms with Crippen molar-refractivity contribution in [1.82, 2.24) is 0 Å². The van der Waals surface area contributed by atoms with Gasteiger partial charge in [0.15, 0.2) is 0 Å². The highest BCUT2D eigenvalue weighted by Gasteiger charge is 2.11. The van der Waals surface area contributed by atoms with Gasteiger partial charge >= 0.3 is 5.97 Å². The molecule has 28 heavy (non-hydrogen) atoms. The molecule has 4 heteroatoms. The van der Waals surface area contributed by atoms with E-state index in [1.165, 1.54) is 33.8 Å². The van der Waals surface area contributed by atoms with Gasteiger partial charge < -0.3 is 4.74 Å². The van der Waals surface area contributed by atoms with Crippen LogP contribution in [0.25, 0.3) is 11.1 Å². The lowest BCUT2D eigenvalue weighted by Crippen LogP contribution is -2.14. The summed E-state index contributed by atoms with van der Waals surface area (Å²) in [4.78, 5) is 14.5. The summed E-state index contributed by atoms with van der Waals surface area (Å²) in [5, 5.41) is 0. The Morgan fingerprint density at radius 2 is 1.89 bits per heavy atom. The van der Waals surface area contributed by atoms with Crippen LogP contribution in [0.15, 0.2) is 58.3 Å². The molecule has 1 unspecified atom stereocenters. The molecule has 0 saturated carbocycles. The molecule has 0 radical (unpaired) electrons. The van der Waals surface area contributed by atoms with Crippen molar-refractivity contribution >= 4 is 29.5 Å². The summed E-state index contributed by atoms with van der Waals surface area (Å²) >= 11 is 3.48. The van der Waals surface area contributed by atoms with E-state index in [-0.39, 0.29) is 5.97 Å².